The van der Waals surface area contributed by atoms with Crippen LogP contribution in [0, 0.1) is 31.1 Å². The van der Waals surface area contributed by atoms with Crippen LogP contribution in [-0.2, 0) is 4.79 Å². The van der Waals surface area contributed by atoms with E-state index in [1.807, 2.05) is 13.8 Å². The number of nitriles is 1. The Morgan fingerprint density at radius 1 is 1.32 bits per heavy atom. The molecule has 2 heterocycles. The van der Waals surface area contributed by atoms with Crippen LogP contribution in [0.1, 0.15) is 36.6 Å². The fourth-order valence-electron chi connectivity index (χ4n) is 2.45. The molecule has 0 aliphatic carbocycles. The number of Topliss-reactive ketones (excluding diaryl/α,β-unsaturated/α-hetero) is 1. The summed E-state index contributed by atoms with van der Waals surface area (Å²) in [5.41, 5.74) is 2.29. The van der Waals surface area contributed by atoms with Crippen LogP contribution >= 0.6 is 0 Å². The van der Waals surface area contributed by atoms with Crippen molar-refractivity contribution in [2.24, 2.45) is 5.92 Å². The summed E-state index contributed by atoms with van der Waals surface area (Å²) in [7, 11) is 0. The van der Waals surface area contributed by atoms with Gasteiger partial charge in [0.1, 0.15) is 17.4 Å². The summed E-state index contributed by atoms with van der Waals surface area (Å²) >= 11 is 0. The summed E-state index contributed by atoms with van der Waals surface area (Å²) in [5.74, 6) is 1.07. The number of aromatic nitrogens is 2. The molecule has 5 nitrogen and oxygen atoms in total. The molecule has 2 rings (SSSR count). The van der Waals surface area contributed by atoms with E-state index in [-0.39, 0.29) is 11.7 Å². The molecule has 0 N–H and O–H groups in total. The second-order valence-corrected chi connectivity index (χ2v) is 5.09. The number of ketones is 1. The maximum Gasteiger partial charge on any atom is 0.169 e. The highest BCUT2D eigenvalue weighted by atomic mass is 16.1. The van der Waals surface area contributed by atoms with Gasteiger partial charge in [0.25, 0.3) is 0 Å². The molecule has 1 fully saturated rings. The third-order valence-electron chi connectivity index (χ3n) is 3.92. The molecule has 19 heavy (non-hydrogen) atoms. The van der Waals surface area contributed by atoms with Crippen LogP contribution in [0.2, 0.25) is 0 Å². The van der Waals surface area contributed by atoms with E-state index in [9.17, 15) is 10.1 Å². The molecule has 0 atom stereocenters. The van der Waals surface area contributed by atoms with Crippen LogP contribution in [-0.4, -0.2) is 29.1 Å². The zero-order valence-corrected chi connectivity index (χ0v) is 11.6. The van der Waals surface area contributed by atoms with Gasteiger partial charge >= 0.3 is 0 Å². The maximum absolute atomic E-state index is 11.4. The molecule has 0 radical (unpaired) electrons. The van der Waals surface area contributed by atoms with Crippen LogP contribution in [0.3, 0.4) is 0 Å². The number of carbonyl (C=O) groups is 1. The number of piperidine rings is 1. The molecule has 1 aromatic rings. The molecule has 1 aliphatic rings. The van der Waals surface area contributed by atoms with Gasteiger partial charge in [0.05, 0.1) is 5.69 Å². The standard InChI is InChI=1S/C14H18N4O/c1-9-10(2)16-17-14(13(9)8-15)18-6-4-12(5-7-18)11(3)19/h12H,4-7H2,1-3H3. The zero-order valence-electron chi connectivity index (χ0n) is 11.6. The van der Waals surface area contributed by atoms with Crippen LogP contribution in [0.15, 0.2) is 0 Å². The van der Waals surface area contributed by atoms with Crippen LogP contribution in [0.5, 0.6) is 0 Å². The van der Waals surface area contributed by atoms with Crippen molar-refractivity contribution >= 4 is 11.6 Å². The highest BCUT2D eigenvalue weighted by Gasteiger charge is 2.25. The van der Waals surface area contributed by atoms with Crippen molar-refractivity contribution in [3.63, 3.8) is 0 Å². The second kappa shape index (κ2) is 5.35. The van der Waals surface area contributed by atoms with Crippen molar-refractivity contribution in [1.29, 1.82) is 5.26 Å². The maximum atomic E-state index is 11.4. The lowest BCUT2D eigenvalue weighted by molar-refractivity contribution is -0.121. The SMILES string of the molecule is CC(=O)C1CCN(c2nnc(C)c(C)c2C#N)CC1. The molecule has 0 bridgehead atoms. The van der Waals surface area contributed by atoms with Gasteiger partial charge in [-0.2, -0.15) is 10.4 Å². The van der Waals surface area contributed by atoms with E-state index in [1.165, 1.54) is 0 Å². The first-order valence-electron chi connectivity index (χ1n) is 6.54. The predicted molar refractivity (Wildman–Crippen MR) is 71.8 cm³/mol. The zero-order chi connectivity index (χ0) is 14.0. The Hall–Kier alpha value is -1.96. The van der Waals surface area contributed by atoms with Crippen molar-refractivity contribution in [3.05, 3.63) is 16.8 Å². The number of hydrogen-bond acceptors (Lipinski definition) is 5. The summed E-state index contributed by atoms with van der Waals surface area (Å²) in [6.07, 6.45) is 1.66. The Balaban J connectivity index is 2.23. The Bertz CT molecular complexity index is 539. The third kappa shape index (κ3) is 2.58. The molecule has 1 aliphatic heterocycles. The van der Waals surface area contributed by atoms with Crippen LogP contribution in [0.25, 0.3) is 0 Å². The van der Waals surface area contributed by atoms with Crippen molar-refractivity contribution in [2.45, 2.75) is 33.6 Å². The van der Waals surface area contributed by atoms with Crippen LogP contribution < -0.4 is 4.90 Å². The molecular formula is C14H18N4O. The minimum atomic E-state index is 0.154. The average Bonchev–Trinajstić information content (AvgIpc) is 2.41. The van der Waals surface area contributed by atoms with E-state index in [0.717, 1.165) is 37.2 Å². The number of hydrogen-bond donors (Lipinski definition) is 0. The van der Waals surface area contributed by atoms with Crippen LogP contribution in [0.4, 0.5) is 5.82 Å². The quantitative estimate of drug-likeness (QED) is 0.808. The van der Waals surface area contributed by atoms with Gasteiger partial charge in [0.2, 0.25) is 0 Å². The molecule has 100 valence electrons. The summed E-state index contributed by atoms with van der Waals surface area (Å²) in [4.78, 5) is 13.4. The molecule has 5 heteroatoms. The largest absolute Gasteiger partial charge is 0.354 e. The van der Waals surface area contributed by atoms with Gasteiger partial charge in [-0.25, -0.2) is 0 Å². The minimum Gasteiger partial charge on any atom is -0.354 e. The van der Waals surface area contributed by atoms with Gasteiger partial charge in [0.15, 0.2) is 5.82 Å². The van der Waals surface area contributed by atoms with E-state index in [0.29, 0.717) is 11.4 Å². The second-order valence-electron chi connectivity index (χ2n) is 5.09. The molecule has 0 amide bonds. The van der Waals surface area contributed by atoms with E-state index >= 15 is 0 Å². The topological polar surface area (TPSA) is 69.9 Å². The summed E-state index contributed by atoms with van der Waals surface area (Å²) in [6.45, 7) is 6.92. The number of anilines is 1. The normalized spacial score (nSPS) is 16.2. The minimum absolute atomic E-state index is 0.154. The van der Waals surface area contributed by atoms with Crippen molar-refractivity contribution in [3.8, 4) is 6.07 Å². The molecule has 1 aromatic heterocycles. The summed E-state index contributed by atoms with van der Waals surface area (Å²) in [5, 5.41) is 17.6. The van der Waals surface area contributed by atoms with E-state index in [4.69, 9.17) is 0 Å². The Labute approximate surface area is 113 Å². The van der Waals surface area contributed by atoms with E-state index in [1.54, 1.807) is 6.92 Å². The number of carbonyl (C=O) groups excluding carboxylic acids is 1. The Morgan fingerprint density at radius 3 is 2.47 bits per heavy atom. The van der Waals surface area contributed by atoms with E-state index in [2.05, 4.69) is 21.2 Å². The molecule has 0 saturated carbocycles. The van der Waals surface area contributed by atoms with Crippen molar-refractivity contribution in [1.82, 2.24) is 10.2 Å². The van der Waals surface area contributed by atoms with Gasteiger partial charge in [-0.05, 0) is 39.2 Å². The predicted octanol–water partition coefficient (Wildman–Crippen LogP) is 1.77. The van der Waals surface area contributed by atoms with Gasteiger partial charge in [0, 0.05) is 19.0 Å². The number of nitrogens with zero attached hydrogens (tertiary/aromatic N) is 4. The molecule has 0 spiro atoms. The first-order valence-corrected chi connectivity index (χ1v) is 6.54. The average molecular weight is 258 g/mol. The first kappa shape index (κ1) is 13.5. The molecule has 0 unspecified atom stereocenters. The van der Waals surface area contributed by atoms with Gasteiger partial charge in [-0.1, -0.05) is 0 Å². The first-order chi connectivity index (χ1) is 9.04. The lowest BCUT2D eigenvalue weighted by Gasteiger charge is -2.32. The molecule has 1 saturated heterocycles. The highest BCUT2D eigenvalue weighted by Crippen LogP contribution is 2.26. The van der Waals surface area contributed by atoms with Gasteiger partial charge in [-0.3, -0.25) is 4.79 Å². The number of aryl methyl sites for hydroxylation is 1. The number of rotatable bonds is 2. The van der Waals surface area contributed by atoms with Gasteiger partial charge in [-0.15, -0.1) is 5.10 Å². The Morgan fingerprint density at radius 2 is 1.95 bits per heavy atom. The molecule has 0 aromatic carbocycles. The summed E-state index contributed by atoms with van der Waals surface area (Å²) < 4.78 is 0. The van der Waals surface area contributed by atoms with Crippen molar-refractivity contribution in [2.75, 3.05) is 18.0 Å². The lowest BCUT2D eigenvalue weighted by Crippen LogP contribution is -2.37. The summed E-state index contributed by atoms with van der Waals surface area (Å²) in [6, 6.07) is 2.22. The van der Waals surface area contributed by atoms with E-state index < -0.39 is 0 Å². The molecular weight excluding hydrogens is 240 g/mol. The third-order valence-corrected chi connectivity index (χ3v) is 3.92. The lowest BCUT2D eigenvalue weighted by atomic mass is 9.93. The monoisotopic (exact) mass is 258 g/mol. The fraction of sp³-hybridized carbons (Fsp3) is 0.571. The fourth-order valence-corrected chi connectivity index (χ4v) is 2.45. The smallest absolute Gasteiger partial charge is 0.169 e. The highest BCUT2D eigenvalue weighted by molar-refractivity contribution is 5.78. The Kier molecular flexibility index (Phi) is 3.79. The van der Waals surface area contributed by atoms with Crippen molar-refractivity contribution < 1.29 is 4.79 Å². The van der Waals surface area contributed by atoms with Gasteiger partial charge < -0.3 is 4.90 Å².